The highest BCUT2D eigenvalue weighted by Gasteiger charge is 2.20. The number of piperidine rings is 1. The Morgan fingerprint density at radius 2 is 2.07 bits per heavy atom. The maximum Gasteiger partial charge on any atom is 0.101 e. The van der Waals surface area contributed by atoms with E-state index in [0.717, 1.165) is 44.8 Å². The molecular formula is C12H23FN2. The fraction of sp³-hybridized carbons (Fsp3) is 1.00. The number of rotatable bonds is 2. The standard InChI is InChI=1S/C12H23FN2/c13-12-4-2-7-15(8-5-12)10-11-3-1-6-14-9-11/h11-12,14H,1-10H2. The Kier molecular flexibility index (Phi) is 4.39. The molecule has 2 unspecified atom stereocenters. The first kappa shape index (κ1) is 11.3. The summed E-state index contributed by atoms with van der Waals surface area (Å²) in [5.74, 6) is 0.801. The SMILES string of the molecule is FC1CCCN(CC2CCCNC2)CC1. The van der Waals surface area contributed by atoms with E-state index in [1.54, 1.807) is 0 Å². The van der Waals surface area contributed by atoms with Crippen molar-refractivity contribution in [3.63, 3.8) is 0 Å². The molecule has 2 saturated heterocycles. The van der Waals surface area contributed by atoms with E-state index in [9.17, 15) is 4.39 Å². The summed E-state index contributed by atoms with van der Waals surface area (Å²) in [4.78, 5) is 2.47. The maximum atomic E-state index is 13.2. The third-order valence-corrected chi connectivity index (χ3v) is 3.67. The van der Waals surface area contributed by atoms with Crippen molar-refractivity contribution in [2.45, 2.75) is 38.3 Å². The molecule has 2 aliphatic rings. The van der Waals surface area contributed by atoms with Crippen LogP contribution in [0.3, 0.4) is 0 Å². The van der Waals surface area contributed by atoms with Crippen molar-refractivity contribution < 1.29 is 4.39 Å². The van der Waals surface area contributed by atoms with Gasteiger partial charge in [-0.1, -0.05) is 0 Å². The molecule has 2 nitrogen and oxygen atoms in total. The number of nitrogens with zero attached hydrogens (tertiary/aromatic N) is 1. The third kappa shape index (κ3) is 3.72. The Labute approximate surface area is 92.2 Å². The third-order valence-electron chi connectivity index (χ3n) is 3.67. The fourth-order valence-electron chi connectivity index (χ4n) is 2.74. The molecule has 2 atom stereocenters. The molecule has 0 spiro atoms. The van der Waals surface area contributed by atoms with Gasteiger partial charge in [0.15, 0.2) is 0 Å². The number of halogens is 1. The zero-order valence-corrected chi connectivity index (χ0v) is 9.55. The van der Waals surface area contributed by atoms with Gasteiger partial charge in [-0.15, -0.1) is 0 Å². The molecule has 0 aromatic carbocycles. The largest absolute Gasteiger partial charge is 0.316 e. The van der Waals surface area contributed by atoms with E-state index in [4.69, 9.17) is 0 Å². The molecule has 1 N–H and O–H groups in total. The van der Waals surface area contributed by atoms with Crippen LogP contribution in [-0.4, -0.2) is 43.8 Å². The second kappa shape index (κ2) is 5.80. The second-order valence-electron chi connectivity index (χ2n) is 5.04. The summed E-state index contributed by atoms with van der Waals surface area (Å²) in [6.07, 6.45) is 4.69. The van der Waals surface area contributed by atoms with Crippen LogP contribution in [0.25, 0.3) is 0 Å². The highest BCUT2D eigenvalue weighted by atomic mass is 19.1. The van der Waals surface area contributed by atoms with Gasteiger partial charge >= 0.3 is 0 Å². The number of likely N-dealkylation sites (tertiary alicyclic amines) is 1. The summed E-state index contributed by atoms with van der Waals surface area (Å²) < 4.78 is 13.2. The molecule has 0 aromatic heterocycles. The van der Waals surface area contributed by atoms with Crippen LogP contribution >= 0.6 is 0 Å². The van der Waals surface area contributed by atoms with Crippen molar-refractivity contribution in [1.29, 1.82) is 0 Å². The lowest BCUT2D eigenvalue weighted by Crippen LogP contribution is -2.38. The molecule has 0 amide bonds. The van der Waals surface area contributed by atoms with Gasteiger partial charge in [0.05, 0.1) is 0 Å². The lowest BCUT2D eigenvalue weighted by atomic mass is 9.99. The number of hydrogen-bond acceptors (Lipinski definition) is 2. The minimum atomic E-state index is -0.542. The lowest BCUT2D eigenvalue weighted by Gasteiger charge is -2.29. The number of hydrogen-bond donors (Lipinski definition) is 1. The van der Waals surface area contributed by atoms with Crippen molar-refractivity contribution >= 4 is 0 Å². The molecule has 2 fully saturated rings. The summed E-state index contributed by atoms with van der Waals surface area (Å²) in [6, 6.07) is 0. The molecule has 88 valence electrons. The predicted molar refractivity (Wildman–Crippen MR) is 60.8 cm³/mol. The summed E-state index contributed by atoms with van der Waals surface area (Å²) in [5.41, 5.74) is 0. The first-order valence-electron chi connectivity index (χ1n) is 6.42. The van der Waals surface area contributed by atoms with Gasteiger partial charge in [-0.05, 0) is 57.7 Å². The second-order valence-corrected chi connectivity index (χ2v) is 5.04. The van der Waals surface area contributed by atoms with Gasteiger partial charge in [-0.3, -0.25) is 0 Å². The van der Waals surface area contributed by atoms with E-state index >= 15 is 0 Å². The molecule has 2 heterocycles. The Hall–Kier alpha value is -0.150. The van der Waals surface area contributed by atoms with Crippen LogP contribution in [0.15, 0.2) is 0 Å². The van der Waals surface area contributed by atoms with Gasteiger partial charge < -0.3 is 10.2 Å². The van der Waals surface area contributed by atoms with Crippen LogP contribution in [0.1, 0.15) is 32.1 Å². The molecule has 0 aliphatic carbocycles. The van der Waals surface area contributed by atoms with Gasteiger partial charge in [0.2, 0.25) is 0 Å². The van der Waals surface area contributed by atoms with Gasteiger partial charge in [-0.25, -0.2) is 4.39 Å². The molecule has 2 aliphatic heterocycles. The van der Waals surface area contributed by atoms with E-state index in [0.29, 0.717) is 0 Å². The smallest absolute Gasteiger partial charge is 0.101 e. The summed E-state index contributed by atoms with van der Waals surface area (Å²) in [7, 11) is 0. The van der Waals surface area contributed by atoms with E-state index in [1.165, 1.54) is 25.9 Å². The van der Waals surface area contributed by atoms with Crippen molar-refractivity contribution in [2.24, 2.45) is 5.92 Å². The molecule has 15 heavy (non-hydrogen) atoms. The first-order valence-corrected chi connectivity index (χ1v) is 6.42. The minimum Gasteiger partial charge on any atom is -0.316 e. The maximum absolute atomic E-state index is 13.2. The molecule has 0 bridgehead atoms. The molecule has 2 rings (SSSR count). The van der Waals surface area contributed by atoms with E-state index in [2.05, 4.69) is 10.2 Å². The Morgan fingerprint density at radius 1 is 1.13 bits per heavy atom. The topological polar surface area (TPSA) is 15.3 Å². The summed E-state index contributed by atoms with van der Waals surface area (Å²) >= 11 is 0. The van der Waals surface area contributed by atoms with E-state index in [-0.39, 0.29) is 0 Å². The molecule has 3 heteroatoms. The normalized spacial score (nSPS) is 35.0. The molecule has 0 aromatic rings. The quantitative estimate of drug-likeness (QED) is 0.754. The van der Waals surface area contributed by atoms with E-state index < -0.39 is 6.17 Å². The van der Waals surface area contributed by atoms with Crippen LogP contribution in [0.5, 0.6) is 0 Å². The van der Waals surface area contributed by atoms with Gasteiger partial charge in [0, 0.05) is 13.1 Å². The summed E-state index contributed by atoms with van der Waals surface area (Å²) in [5, 5.41) is 3.45. The van der Waals surface area contributed by atoms with E-state index in [1.807, 2.05) is 0 Å². The Bertz CT molecular complexity index is 180. The number of alkyl halides is 1. The number of nitrogens with one attached hydrogen (secondary N) is 1. The van der Waals surface area contributed by atoms with Crippen LogP contribution in [0, 0.1) is 5.92 Å². The zero-order chi connectivity index (χ0) is 10.5. The van der Waals surface area contributed by atoms with Crippen molar-refractivity contribution in [3.8, 4) is 0 Å². The van der Waals surface area contributed by atoms with Crippen LogP contribution in [-0.2, 0) is 0 Å². The Balaban J connectivity index is 1.72. The average Bonchev–Trinajstić information content (AvgIpc) is 2.46. The highest BCUT2D eigenvalue weighted by molar-refractivity contribution is 4.75. The minimum absolute atomic E-state index is 0.542. The van der Waals surface area contributed by atoms with Crippen molar-refractivity contribution in [1.82, 2.24) is 10.2 Å². The molecule has 0 radical (unpaired) electrons. The average molecular weight is 214 g/mol. The summed E-state index contributed by atoms with van der Waals surface area (Å²) in [6.45, 7) is 5.60. The monoisotopic (exact) mass is 214 g/mol. The van der Waals surface area contributed by atoms with Crippen molar-refractivity contribution in [3.05, 3.63) is 0 Å². The van der Waals surface area contributed by atoms with Crippen LogP contribution in [0.4, 0.5) is 4.39 Å². The highest BCUT2D eigenvalue weighted by Crippen LogP contribution is 2.17. The molecular weight excluding hydrogens is 191 g/mol. The van der Waals surface area contributed by atoms with Crippen molar-refractivity contribution in [2.75, 3.05) is 32.7 Å². The predicted octanol–water partition coefficient (Wildman–Crippen LogP) is 1.81. The van der Waals surface area contributed by atoms with Crippen LogP contribution < -0.4 is 5.32 Å². The Morgan fingerprint density at radius 3 is 2.87 bits per heavy atom. The van der Waals surface area contributed by atoms with Crippen LogP contribution in [0.2, 0.25) is 0 Å². The zero-order valence-electron chi connectivity index (χ0n) is 9.55. The first-order chi connectivity index (χ1) is 7.34. The van der Waals surface area contributed by atoms with Gasteiger partial charge in [0.25, 0.3) is 0 Å². The van der Waals surface area contributed by atoms with Gasteiger partial charge in [-0.2, -0.15) is 0 Å². The van der Waals surface area contributed by atoms with Gasteiger partial charge in [0.1, 0.15) is 6.17 Å². The fourth-order valence-corrected chi connectivity index (χ4v) is 2.74. The lowest BCUT2D eigenvalue weighted by molar-refractivity contribution is 0.208. The molecule has 0 saturated carbocycles.